The summed E-state index contributed by atoms with van der Waals surface area (Å²) >= 11 is 6.23. The quantitative estimate of drug-likeness (QED) is 0.816. The molecule has 0 amide bonds. The van der Waals surface area contributed by atoms with Gasteiger partial charge in [-0.3, -0.25) is 0 Å². The Labute approximate surface area is 100 Å². The number of rotatable bonds is 2. The molecule has 0 spiro atoms. The van der Waals surface area contributed by atoms with Crippen molar-refractivity contribution in [3.05, 3.63) is 22.8 Å². The summed E-state index contributed by atoms with van der Waals surface area (Å²) < 4.78 is 0. The van der Waals surface area contributed by atoms with Gasteiger partial charge in [-0.2, -0.15) is 0 Å². The molecule has 2 rings (SSSR count). The fraction of sp³-hybridized carbons (Fsp3) is 0.545. The second kappa shape index (κ2) is 4.99. The fourth-order valence-electron chi connectivity index (χ4n) is 1.93. The molecule has 88 valence electrons. The number of pyridine rings is 1. The minimum atomic E-state index is -0.187. The van der Waals surface area contributed by atoms with Crippen molar-refractivity contribution in [2.75, 3.05) is 18.0 Å². The lowest BCUT2D eigenvalue weighted by molar-refractivity contribution is 0.145. The van der Waals surface area contributed by atoms with Gasteiger partial charge in [0.1, 0.15) is 5.82 Å². The summed E-state index contributed by atoms with van der Waals surface area (Å²) in [4.78, 5) is 6.40. The summed E-state index contributed by atoms with van der Waals surface area (Å²) in [5, 5.41) is 10.1. The van der Waals surface area contributed by atoms with Gasteiger partial charge in [-0.15, -0.1) is 0 Å². The van der Waals surface area contributed by atoms with Gasteiger partial charge in [0.15, 0.2) is 0 Å². The van der Waals surface area contributed by atoms with Crippen LogP contribution < -0.4 is 10.6 Å². The summed E-state index contributed by atoms with van der Waals surface area (Å²) in [6.45, 7) is 2.01. The standard InChI is InChI=1S/C11H16ClN3O/c12-10-8(7-13)1-4-14-11(10)15-5-2-9(16)3-6-15/h1,4,9,16H,2-3,5-7,13H2. The van der Waals surface area contributed by atoms with Gasteiger partial charge in [0.2, 0.25) is 0 Å². The Hall–Kier alpha value is -0.840. The van der Waals surface area contributed by atoms with Crippen LogP contribution in [0.4, 0.5) is 5.82 Å². The van der Waals surface area contributed by atoms with E-state index in [1.165, 1.54) is 0 Å². The fourth-order valence-corrected chi connectivity index (χ4v) is 2.24. The van der Waals surface area contributed by atoms with E-state index in [0.717, 1.165) is 37.3 Å². The number of hydrogen-bond acceptors (Lipinski definition) is 4. The van der Waals surface area contributed by atoms with E-state index < -0.39 is 0 Å². The van der Waals surface area contributed by atoms with Gasteiger partial charge in [-0.1, -0.05) is 11.6 Å². The Morgan fingerprint density at radius 1 is 1.50 bits per heavy atom. The second-order valence-corrected chi connectivity index (χ2v) is 4.41. The normalized spacial score (nSPS) is 17.8. The van der Waals surface area contributed by atoms with Crippen LogP contribution in [-0.4, -0.2) is 29.3 Å². The molecule has 1 saturated heterocycles. The summed E-state index contributed by atoms with van der Waals surface area (Å²) in [5.74, 6) is 0.788. The Bertz CT molecular complexity index is 364. The molecule has 2 heterocycles. The molecule has 1 aromatic rings. The lowest BCUT2D eigenvalue weighted by Crippen LogP contribution is -2.36. The molecule has 0 aliphatic carbocycles. The first-order valence-electron chi connectivity index (χ1n) is 5.49. The summed E-state index contributed by atoms with van der Waals surface area (Å²) in [7, 11) is 0. The maximum atomic E-state index is 9.44. The third-order valence-corrected chi connectivity index (χ3v) is 3.35. The molecule has 0 saturated carbocycles. The van der Waals surface area contributed by atoms with Gasteiger partial charge in [0, 0.05) is 25.8 Å². The van der Waals surface area contributed by atoms with Gasteiger partial charge in [-0.25, -0.2) is 4.98 Å². The van der Waals surface area contributed by atoms with Gasteiger partial charge >= 0.3 is 0 Å². The van der Waals surface area contributed by atoms with Crippen LogP contribution in [0, 0.1) is 0 Å². The molecule has 0 aromatic carbocycles. The highest BCUT2D eigenvalue weighted by Crippen LogP contribution is 2.28. The second-order valence-electron chi connectivity index (χ2n) is 4.03. The number of aromatic nitrogens is 1. The number of aliphatic hydroxyl groups is 1. The van der Waals surface area contributed by atoms with Crippen molar-refractivity contribution in [2.45, 2.75) is 25.5 Å². The van der Waals surface area contributed by atoms with E-state index in [1.807, 2.05) is 6.07 Å². The topological polar surface area (TPSA) is 62.4 Å². The summed E-state index contributed by atoms with van der Waals surface area (Å²) in [6.07, 6.45) is 3.08. The smallest absolute Gasteiger partial charge is 0.147 e. The van der Waals surface area contributed by atoms with Gasteiger partial charge < -0.3 is 15.7 Å². The zero-order chi connectivity index (χ0) is 11.5. The van der Waals surface area contributed by atoms with Crippen molar-refractivity contribution in [2.24, 2.45) is 5.73 Å². The van der Waals surface area contributed by atoms with Crippen LogP contribution in [0.1, 0.15) is 18.4 Å². The van der Waals surface area contributed by atoms with E-state index in [2.05, 4.69) is 9.88 Å². The number of hydrogen-bond donors (Lipinski definition) is 2. The van der Waals surface area contributed by atoms with Gasteiger partial charge in [-0.05, 0) is 24.5 Å². The van der Waals surface area contributed by atoms with Crippen molar-refractivity contribution < 1.29 is 5.11 Å². The first-order valence-corrected chi connectivity index (χ1v) is 5.86. The highest BCUT2D eigenvalue weighted by atomic mass is 35.5. The molecule has 0 radical (unpaired) electrons. The first-order chi connectivity index (χ1) is 7.72. The Morgan fingerprint density at radius 2 is 2.19 bits per heavy atom. The largest absolute Gasteiger partial charge is 0.393 e. The molecule has 0 unspecified atom stereocenters. The van der Waals surface area contributed by atoms with E-state index in [1.54, 1.807) is 6.20 Å². The highest BCUT2D eigenvalue weighted by molar-refractivity contribution is 6.33. The minimum absolute atomic E-state index is 0.187. The zero-order valence-corrected chi connectivity index (χ0v) is 9.82. The molecular formula is C11H16ClN3O. The zero-order valence-electron chi connectivity index (χ0n) is 9.06. The third-order valence-electron chi connectivity index (χ3n) is 2.93. The number of nitrogens with two attached hydrogens (primary N) is 1. The monoisotopic (exact) mass is 241 g/mol. The number of aliphatic hydroxyl groups excluding tert-OH is 1. The Balaban J connectivity index is 2.20. The SMILES string of the molecule is NCc1ccnc(N2CCC(O)CC2)c1Cl. The molecule has 1 fully saturated rings. The van der Waals surface area contributed by atoms with Gasteiger partial charge in [0.05, 0.1) is 11.1 Å². The Kier molecular flexibility index (Phi) is 3.63. The van der Waals surface area contributed by atoms with Gasteiger partial charge in [0.25, 0.3) is 0 Å². The minimum Gasteiger partial charge on any atom is -0.393 e. The van der Waals surface area contributed by atoms with E-state index in [0.29, 0.717) is 11.6 Å². The van der Waals surface area contributed by atoms with Crippen molar-refractivity contribution >= 4 is 17.4 Å². The van der Waals surface area contributed by atoms with Crippen LogP contribution in [-0.2, 0) is 6.54 Å². The van der Waals surface area contributed by atoms with E-state index in [4.69, 9.17) is 17.3 Å². The molecule has 3 N–H and O–H groups in total. The molecule has 4 nitrogen and oxygen atoms in total. The predicted octanol–water partition coefficient (Wildman–Crippen LogP) is 1.15. The average Bonchev–Trinajstić information content (AvgIpc) is 2.31. The molecular weight excluding hydrogens is 226 g/mol. The summed E-state index contributed by atoms with van der Waals surface area (Å²) in [6, 6.07) is 1.84. The molecule has 1 aromatic heterocycles. The predicted molar refractivity (Wildman–Crippen MR) is 64.6 cm³/mol. The number of piperidine rings is 1. The molecule has 1 aliphatic heterocycles. The Morgan fingerprint density at radius 3 is 2.81 bits per heavy atom. The average molecular weight is 242 g/mol. The lowest BCUT2D eigenvalue weighted by Gasteiger charge is -2.31. The van der Waals surface area contributed by atoms with Crippen LogP contribution >= 0.6 is 11.6 Å². The number of halogens is 1. The van der Waals surface area contributed by atoms with Crippen molar-refractivity contribution in [1.29, 1.82) is 0 Å². The van der Waals surface area contributed by atoms with Crippen LogP contribution in [0.3, 0.4) is 0 Å². The van der Waals surface area contributed by atoms with Crippen molar-refractivity contribution in [1.82, 2.24) is 4.98 Å². The summed E-state index contributed by atoms with van der Waals surface area (Å²) in [5.41, 5.74) is 6.52. The lowest BCUT2D eigenvalue weighted by atomic mass is 10.1. The molecule has 0 atom stereocenters. The molecule has 0 bridgehead atoms. The van der Waals surface area contributed by atoms with E-state index >= 15 is 0 Å². The van der Waals surface area contributed by atoms with Crippen LogP contribution in [0.25, 0.3) is 0 Å². The van der Waals surface area contributed by atoms with E-state index in [9.17, 15) is 5.11 Å². The van der Waals surface area contributed by atoms with Crippen LogP contribution in [0.15, 0.2) is 12.3 Å². The maximum Gasteiger partial charge on any atom is 0.147 e. The number of anilines is 1. The molecule has 1 aliphatic rings. The molecule has 16 heavy (non-hydrogen) atoms. The maximum absolute atomic E-state index is 9.44. The molecule has 5 heteroatoms. The van der Waals surface area contributed by atoms with Crippen molar-refractivity contribution in [3.63, 3.8) is 0 Å². The van der Waals surface area contributed by atoms with Crippen molar-refractivity contribution in [3.8, 4) is 0 Å². The van der Waals surface area contributed by atoms with Crippen LogP contribution in [0.5, 0.6) is 0 Å². The van der Waals surface area contributed by atoms with Crippen LogP contribution in [0.2, 0.25) is 5.02 Å². The first kappa shape index (κ1) is 11.6. The number of nitrogens with zero attached hydrogens (tertiary/aromatic N) is 2. The van der Waals surface area contributed by atoms with E-state index in [-0.39, 0.29) is 6.10 Å². The highest BCUT2D eigenvalue weighted by Gasteiger charge is 2.20. The third kappa shape index (κ3) is 2.29.